The number of halogens is 1. The number of nitro benzene ring substituents is 1. The lowest BCUT2D eigenvalue weighted by atomic mass is 10.1. The lowest BCUT2D eigenvalue weighted by Crippen LogP contribution is -2.48. The predicted octanol–water partition coefficient (Wildman–Crippen LogP) is 3.08. The molecule has 0 unspecified atom stereocenters. The molecule has 0 bridgehead atoms. The van der Waals surface area contributed by atoms with Crippen LogP contribution in [0.5, 0.6) is 11.5 Å². The van der Waals surface area contributed by atoms with Gasteiger partial charge in [-0.15, -0.1) is 0 Å². The summed E-state index contributed by atoms with van der Waals surface area (Å²) < 4.78 is 38.2. The van der Waals surface area contributed by atoms with Gasteiger partial charge in [-0.2, -0.15) is 4.31 Å². The fourth-order valence-electron chi connectivity index (χ4n) is 3.50. The van der Waals surface area contributed by atoms with Gasteiger partial charge < -0.3 is 9.47 Å². The second-order valence-electron chi connectivity index (χ2n) is 7.16. The minimum absolute atomic E-state index is 0.0523. The number of piperazine rings is 1. The van der Waals surface area contributed by atoms with Crippen molar-refractivity contribution in [2.75, 3.05) is 40.4 Å². The van der Waals surface area contributed by atoms with E-state index in [9.17, 15) is 18.5 Å². The quantitative estimate of drug-likeness (QED) is 0.453. The molecule has 0 amide bonds. The number of benzene rings is 2. The van der Waals surface area contributed by atoms with Crippen molar-refractivity contribution in [2.24, 2.45) is 0 Å². The molecule has 1 aliphatic rings. The van der Waals surface area contributed by atoms with Crippen LogP contribution < -0.4 is 9.47 Å². The molecule has 0 aromatic heterocycles. The van der Waals surface area contributed by atoms with Crippen LogP contribution in [-0.4, -0.2) is 62.9 Å². The zero-order valence-corrected chi connectivity index (χ0v) is 19.1. The first-order chi connectivity index (χ1) is 14.7. The first-order valence-electron chi connectivity index (χ1n) is 9.55. The molecule has 1 heterocycles. The van der Waals surface area contributed by atoms with Crippen molar-refractivity contribution < 1.29 is 22.8 Å². The van der Waals surface area contributed by atoms with Crippen LogP contribution in [-0.2, 0) is 16.6 Å². The van der Waals surface area contributed by atoms with Crippen molar-refractivity contribution in [3.8, 4) is 11.5 Å². The minimum atomic E-state index is -3.90. The zero-order chi connectivity index (χ0) is 22.8. The molecule has 0 N–H and O–H groups in total. The van der Waals surface area contributed by atoms with Crippen LogP contribution in [0.15, 0.2) is 35.2 Å². The van der Waals surface area contributed by atoms with Crippen LogP contribution in [0.25, 0.3) is 0 Å². The lowest BCUT2D eigenvalue weighted by Gasteiger charge is -2.34. The standard InChI is InChI=1S/C20H24ClN3O6S/c1-14-18(21)11-17(12-19(14)24(25)26)31(27,28)23-8-6-22(7-9-23)13-15-10-16(29-2)4-5-20(15)30-3/h4-5,10-12H,6-9,13H2,1-3H3. The molecule has 0 atom stereocenters. The number of hydrogen-bond donors (Lipinski definition) is 0. The smallest absolute Gasteiger partial charge is 0.275 e. The Morgan fingerprint density at radius 3 is 2.35 bits per heavy atom. The van der Waals surface area contributed by atoms with E-state index in [0.29, 0.717) is 19.6 Å². The number of methoxy groups -OCH3 is 2. The van der Waals surface area contributed by atoms with E-state index in [2.05, 4.69) is 4.90 Å². The van der Waals surface area contributed by atoms with Gasteiger partial charge in [0.05, 0.1) is 29.1 Å². The monoisotopic (exact) mass is 469 g/mol. The van der Waals surface area contributed by atoms with Gasteiger partial charge in [-0.25, -0.2) is 8.42 Å². The van der Waals surface area contributed by atoms with E-state index in [0.717, 1.165) is 23.1 Å². The fraction of sp³-hybridized carbons (Fsp3) is 0.400. The number of sulfonamides is 1. The van der Waals surface area contributed by atoms with Crippen LogP contribution >= 0.6 is 11.6 Å². The summed E-state index contributed by atoms with van der Waals surface area (Å²) >= 11 is 6.06. The normalized spacial score (nSPS) is 15.6. The molecule has 1 fully saturated rings. The lowest BCUT2D eigenvalue weighted by molar-refractivity contribution is -0.385. The van der Waals surface area contributed by atoms with Crippen molar-refractivity contribution in [2.45, 2.75) is 18.4 Å². The molecule has 31 heavy (non-hydrogen) atoms. The Kier molecular flexibility index (Phi) is 7.05. The van der Waals surface area contributed by atoms with Crippen molar-refractivity contribution in [1.29, 1.82) is 0 Å². The number of nitro groups is 1. The van der Waals surface area contributed by atoms with Crippen LogP contribution in [0.2, 0.25) is 5.02 Å². The van der Waals surface area contributed by atoms with Gasteiger partial charge in [0.25, 0.3) is 5.69 Å². The maximum Gasteiger partial charge on any atom is 0.275 e. The molecule has 1 saturated heterocycles. The molecule has 0 spiro atoms. The van der Waals surface area contributed by atoms with Gasteiger partial charge in [0.1, 0.15) is 11.5 Å². The van der Waals surface area contributed by atoms with Gasteiger partial charge in [0.2, 0.25) is 10.0 Å². The second kappa shape index (κ2) is 9.39. The summed E-state index contributed by atoms with van der Waals surface area (Å²) in [4.78, 5) is 12.6. The maximum atomic E-state index is 13.1. The molecule has 2 aromatic carbocycles. The topological polar surface area (TPSA) is 102 Å². The van der Waals surface area contributed by atoms with Crippen molar-refractivity contribution >= 4 is 27.3 Å². The van der Waals surface area contributed by atoms with Gasteiger partial charge >= 0.3 is 0 Å². The highest BCUT2D eigenvalue weighted by Gasteiger charge is 2.31. The Morgan fingerprint density at radius 1 is 1.10 bits per heavy atom. The molecule has 3 rings (SSSR count). The van der Waals surface area contributed by atoms with Gasteiger partial charge in [-0.1, -0.05) is 11.6 Å². The first-order valence-corrected chi connectivity index (χ1v) is 11.4. The Balaban J connectivity index is 1.74. The minimum Gasteiger partial charge on any atom is -0.497 e. The number of ether oxygens (including phenoxy) is 2. The SMILES string of the molecule is COc1ccc(OC)c(CN2CCN(S(=O)(=O)c3cc(Cl)c(C)c([N+](=O)[O-])c3)CC2)c1. The van der Waals surface area contributed by atoms with Crippen molar-refractivity contribution in [3.63, 3.8) is 0 Å². The molecular formula is C20H24ClN3O6S. The Hall–Kier alpha value is -2.40. The van der Waals surface area contributed by atoms with E-state index in [4.69, 9.17) is 21.1 Å². The molecular weight excluding hydrogens is 446 g/mol. The third-order valence-corrected chi connectivity index (χ3v) is 7.61. The van der Waals surface area contributed by atoms with Crippen LogP contribution in [0.4, 0.5) is 5.69 Å². The summed E-state index contributed by atoms with van der Waals surface area (Å²) in [6.07, 6.45) is 0. The summed E-state index contributed by atoms with van der Waals surface area (Å²) in [5.74, 6) is 1.45. The second-order valence-corrected chi connectivity index (χ2v) is 9.51. The molecule has 2 aromatic rings. The highest BCUT2D eigenvalue weighted by Crippen LogP contribution is 2.31. The molecule has 9 nitrogen and oxygen atoms in total. The van der Waals surface area contributed by atoms with Gasteiger partial charge in [0, 0.05) is 49.9 Å². The summed E-state index contributed by atoms with van der Waals surface area (Å²) in [6.45, 7) is 3.59. The average Bonchev–Trinajstić information content (AvgIpc) is 2.75. The summed E-state index contributed by atoms with van der Waals surface area (Å²) in [7, 11) is -0.711. The third kappa shape index (κ3) is 4.93. The maximum absolute atomic E-state index is 13.1. The number of rotatable bonds is 7. The molecule has 1 aliphatic heterocycles. The average molecular weight is 470 g/mol. The van der Waals surface area contributed by atoms with E-state index < -0.39 is 14.9 Å². The Morgan fingerprint density at radius 2 is 1.77 bits per heavy atom. The van der Waals surface area contributed by atoms with Crippen LogP contribution in [0, 0.1) is 17.0 Å². The largest absolute Gasteiger partial charge is 0.497 e. The predicted molar refractivity (Wildman–Crippen MR) is 116 cm³/mol. The molecule has 168 valence electrons. The summed E-state index contributed by atoms with van der Waals surface area (Å²) in [5.41, 5.74) is 0.872. The van der Waals surface area contributed by atoms with E-state index >= 15 is 0 Å². The molecule has 0 radical (unpaired) electrons. The number of hydrogen-bond acceptors (Lipinski definition) is 7. The summed E-state index contributed by atoms with van der Waals surface area (Å²) in [6, 6.07) is 7.90. The molecule has 0 aliphatic carbocycles. The first kappa shape index (κ1) is 23.3. The van der Waals surface area contributed by atoms with E-state index in [1.54, 1.807) is 14.2 Å². The van der Waals surface area contributed by atoms with Crippen molar-refractivity contribution in [3.05, 3.63) is 56.6 Å². The van der Waals surface area contributed by atoms with Crippen LogP contribution in [0.3, 0.4) is 0 Å². The van der Waals surface area contributed by atoms with Gasteiger partial charge in [-0.05, 0) is 31.2 Å². The highest BCUT2D eigenvalue weighted by atomic mass is 35.5. The molecule has 11 heteroatoms. The molecule has 0 saturated carbocycles. The Labute approximate surface area is 186 Å². The van der Waals surface area contributed by atoms with E-state index in [1.807, 2.05) is 18.2 Å². The summed E-state index contributed by atoms with van der Waals surface area (Å²) in [5, 5.41) is 11.3. The van der Waals surface area contributed by atoms with Crippen molar-refractivity contribution in [1.82, 2.24) is 9.21 Å². The van der Waals surface area contributed by atoms with Crippen LogP contribution in [0.1, 0.15) is 11.1 Å². The van der Waals surface area contributed by atoms with E-state index in [1.165, 1.54) is 17.3 Å². The Bertz CT molecular complexity index is 1080. The van der Waals surface area contributed by atoms with E-state index in [-0.39, 0.29) is 34.3 Å². The number of nitrogens with zero attached hydrogens (tertiary/aromatic N) is 3. The third-order valence-electron chi connectivity index (χ3n) is 5.34. The van der Waals surface area contributed by atoms with Gasteiger partial charge in [0.15, 0.2) is 0 Å². The highest BCUT2D eigenvalue weighted by molar-refractivity contribution is 7.89. The zero-order valence-electron chi connectivity index (χ0n) is 17.5. The van der Waals surface area contributed by atoms with Gasteiger partial charge in [-0.3, -0.25) is 15.0 Å². The fourth-order valence-corrected chi connectivity index (χ4v) is 5.25.